The first kappa shape index (κ1) is 22.2. The number of rotatable bonds is 4. The summed E-state index contributed by atoms with van der Waals surface area (Å²) in [6.07, 6.45) is 1.29. The van der Waals surface area contributed by atoms with E-state index in [0.29, 0.717) is 43.2 Å². The van der Waals surface area contributed by atoms with Gasteiger partial charge in [-0.2, -0.15) is 4.31 Å². The van der Waals surface area contributed by atoms with E-state index < -0.39 is 10.0 Å². The Labute approximate surface area is 180 Å². The number of sulfonamides is 1. The van der Waals surface area contributed by atoms with Gasteiger partial charge in [-0.05, 0) is 42.0 Å². The Kier molecular flexibility index (Phi) is 6.95. The molecule has 1 saturated heterocycles. The van der Waals surface area contributed by atoms with E-state index in [2.05, 4.69) is 15.6 Å². The number of hydrogen-bond donors (Lipinski definition) is 2. The smallest absolute Gasteiger partial charge is 0.252 e. The molecule has 6 nitrogen and oxygen atoms in total. The molecular formula is C19H24ClFN4O2S2. The topological polar surface area (TPSA) is 73.8 Å². The fourth-order valence-corrected chi connectivity index (χ4v) is 6.40. The molecule has 0 saturated carbocycles. The van der Waals surface area contributed by atoms with E-state index in [0.717, 1.165) is 17.9 Å². The van der Waals surface area contributed by atoms with Crippen molar-refractivity contribution in [3.05, 3.63) is 53.2 Å². The summed E-state index contributed by atoms with van der Waals surface area (Å²) in [7, 11) is -3.43. The number of aliphatic imine (C=N–C) groups is 1. The molecule has 0 atom stereocenters. The van der Waals surface area contributed by atoms with Crippen LogP contribution in [-0.4, -0.2) is 50.3 Å². The van der Waals surface area contributed by atoms with Crippen LogP contribution in [0.2, 0.25) is 0 Å². The number of piperidine rings is 1. The maximum Gasteiger partial charge on any atom is 0.252 e. The Morgan fingerprint density at radius 1 is 1.24 bits per heavy atom. The first-order chi connectivity index (χ1) is 13.5. The molecule has 158 valence electrons. The van der Waals surface area contributed by atoms with Gasteiger partial charge < -0.3 is 10.6 Å². The van der Waals surface area contributed by atoms with Crippen LogP contribution in [0.15, 0.2) is 51.0 Å². The molecule has 1 aromatic heterocycles. The molecule has 2 aromatic rings. The van der Waals surface area contributed by atoms with Crippen molar-refractivity contribution in [2.24, 2.45) is 4.99 Å². The van der Waals surface area contributed by atoms with Crippen molar-refractivity contribution in [2.75, 3.05) is 26.2 Å². The quantitative estimate of drug-likeness (QED) is 0.738. The van der Waals surface area contributed by atoms with Crippen molar-refractivity contribution >= 4 is 39.6 Å². The van der Waals surface area contributed by atoms with Crippen molar-refractivity contribution in [2.45, 2.75) is 29.1 Å². The van der Waals surface area contributed by atoms with E-state index in [1.54, 1.807) is 27.9 Å². The highest BCUT2D eigenvalue weighted by molar-refractivity contribution is 7.91. The van der Waals surface area contributed by atoms with E-state index in [1.165, 1.54) is 23.5 Å². The van der Waals surface area contributed by atoms with Crippen molar-refractivity contribution in [1.29, 1.82) is 0 Å². The Hall–Kier alpha value is -1.52. The van der Waals surface area contributed by atoms with E-state index in [4.69, 9.17) is 0 Å². The first-order valence-electron chi connectivity index (χ1n) is 9.32. The van der Waals surface area contributed by atoms with Crippen LogP contribution in [0.1, 0.15) is 18.4 Å². The monoisotopic (exact) mass is 458 g/mol. The summed E-state index contributed by atoms with van der Waals surface area (Å²) >= 11 is 1.25. The zero-order valence-corrected chi connectivity index (χ0v) is 18.3. The molecule has 0 unspecified atom stereocenters. The third kappa shape index (κ3) is 4.64. The third-order valence-corrected chi connectivity index (χ3v) is 8.58. The van der Waals surface area contributed by atoms with Gasteiger partial charge in [0, 0.05) is 26.2 Å². The van der Waals surface area contributed by atoms with Crippen LogP contribution < -0.4 is 10.6 Å². The lowest BCUT2D eigenvalue weighted by molar-refractivity contribution is 0.241. The normalized spacial score (nSPS) is 19.4. The number of nitrogens with zero attached hydrogens (tertiary/aromatic N) is 2. The van der Waals surface area contributed by atoms with Crippen molar-refractivity contribution in [3.63, 3.8) is 0 Å². The molecule has 2 aliphatic rings. The number of hydrogen-bond acceptors (Lipinski definition) is 6. The number of thiophene rings is 1. The highest BCUT2D eigenvalue weighted by atomic mass is 35.5. The van der Waals surface area contributed by atoms with Crippen LogP contribution in [0.4, 0.5) is 4.39 Å². The SMILES string of the molecule is Cl.O=S(=O)(c1cccs1)N1CCC2(CC1)NCCN=C2NCc1cccc(F)c1. The molecule has 29 heavy (non-hydrogen) atoms. The fourth-order valence-electron chi connectivity index (χ4n) is 3.82. The zero-order valence-electron chi connectivity index (χ0n) is 15.8. The maximum atomic E-state index is 13.4. The highest BCUT2D eigenvalue weighted by Gasteiger charge is 2.43. The molecule has 1 fully saturated rings. The minimum absolute atomic E-state index is 0. The minimum Gasteiger partial charge on any atom is -0.368 e. The molecular weight excluding hydrogens is 435 g/mol. The van der Waals surface area contributed by atoms with Gasteiger partial charge in [0.05, 0.1) is 12.1 Å². The van der Waals surface area contributed by atoms with Gasteiger partial charge >= 0.3 is 0 Å². The van der Waals surface area contributed by atoms with E-state index in [9.17, 15) is 12.8 Å². The second-order valence-corrected chi connectivity index (χ2v) is 10.2. The van der Waals surface area contributed by atoms with Crippen molar-refractivity contribution in [1.82, 2.24) is 14.9 Å². The van der Waals surface area contributed by atoms with Crippen LogP contribution in [0.5, 0.6) is 0 Å². The van der Waals surface area contributed by atoms with Gasteiger partial charge in [0.2, 0.25) is 0 Å². The second-order valence-electron chi connectivity index (χ2n) is 7.06. The molecule has 4 rings (SSSR count). The van der Waals surface area contributed by atoms with Crippen molar-refractivity contribution in [3.8, 4) is 0 Å². The predicted molar refractivity (Wildman–Crippen MR) is 116 cm³/mol. The minimum atomic E-state index is -3.43. The number of amidine groups is 1. The molecule has 0 amide bonds. The Morgan fingerprint density at radius 2 is 2.03 bits per heavy atom. The van der Waals surface area contributed by atoms with Gasteiger partial charge in [0.1, 0.15) is 15.9 Å². The first-order valence-corrected chi connectivity index (χ1v) is 11.6. The molecule has 3 heterocycles. The average molecular weight is 459 g/mol. The average Bonchev–Trinajstić information content (AvgIpc) is 3.24. The van der Waals surface area contributed by atoms with Crippen LogP contribution in [0, 0.1) is 5.82 Å². The summed E-state index contributed by atoms with van der Waals surface area (Å²) in [5.74, 6) is 0.584. The second kappa shape index (κ2) is 9.09. The summed E-state index contributed by atoms with van der Waals surface area (Å²) < 4.78 is 40.9. The lowest BCUT2D eigenvalue weighted by atomic mass is 9.85. The molecule has 10 heteroatoms. The Bertz CT molecular complexity index is 958. The van der Waals surface area contributed by atoms with Crippen LogP contribution in [0.3, 0.4) is 0 Å². The summed E-state index contributed by atoms with van der Waals surface area (Å²) in [6.45, 7) is 2.80. The lowest BCUT2D eigenvalue weighted by Gasteiger charge is -2.44. The highest BCUT2D eigenvalue weighted by Crippen LogP contribution is 2.30. The van der Waals surface area contributed by atoms with Gasteiger partial charge in [-0.3, -0.25) is 4.99 Å². The summed E-state index contributed by atoms with van der Waals surface area (Å²) in [4.78, 5) is 4.66. The lowest BCUT2D eigenvalue weighted by Crippen LogP contribution is -2.64. The fraction of sp³-hybridized carbons (Fsp3) is 0.421. The number of nitrogens with one attached hydrogen (secondary N) is 2. The Morgan fingerprint density at radius 3 is 2.72 bits per heavy atom. The standard InChI is InChI=1S/C19H23FN4O2S2.ClH/c20-16-4-1-3-15(13-16)14-22-18-19(23-9-8-21-18)6-10-24(11-7-19)28(25,26)17-5-2-12-27-17;/h1-5,12-13,23H,6-11,14H2,(H,21,22);1H. The predicted octanol–water partition coefficient (Wildman–Crippen LogP) is 2.62. The van der Waals surface area contributed by atoms with E-state index in [1.807, 2.05) is 6.07 Å². The van der Waals surface area contributed by atoms with Gasteiger partial charge in [0.15, 0.2) is 0 Å². The van der Waals surface area contributed by atoms with E-state index in [-0.39, 0.29) is 23.8 Å². The molecule has 1 spiro atoms. The molecule has 0 bridgehead atoms. The van der Waals surface area contributed by atoms with Gasteiger partial charge in [0.25, 0.3) is 10.0 Å². The van der Waals surface area contributed by atoms with Crippen molar-refractivity contribution < 1.29 is 12.8 Å². The molecule has 0 aliphatic carbocycles. The molecule has 0 radical (unpaired) electrons. The van der Waals surface area contributed by atoms with Gasteiger partial charge in [-0.25, -0.2) is 12.8 Å². The molecule has 2 N–H and O–H groups in total. The molecule has 1 aromatic carbocycles. The van der Waals surface area contributed by atoms with Crippen LogP contribution in [0.25, 0.3) is 0 Å². The number of halogens is 2. The summed E-state index contributed by atoms with van der Waals surface area (Å²) in [6, 6.07) is 9.90. The van der Waals surface area contributed by atoms with E-state index >= 15 is 0 Å². The number of benzene rings is 1. The largest absolute Gasteiger partial charge is 0.368 e. The third-order valence-electron chi connectivity index (χ3n) is 5.31. The van der Waals surface area contributed by atoms with Gasteiger partial charge in [-0.15, -0.1) is 23.7 Å². The summed E-state index contributed by atoms with van der Waals surface area (Å²) in [5.41, 5.74) is 0.494. The molecule has 2 aliphatic heterocycles. The summed E-state index contributed by atoms with van der Waals surface area (Å²) in [5, 5.41) is 8.69. The maximum absolute atomic E-state index is 13.4. The van der Waals surface area contributed by atoms with Crippen LogP contribution in [-0.2, 0) is 16.6 Å². The van der Waals surface area contributed by atoms with Gasteiger partial charge in [-0.1, -0.05) is 18.2 Å². The zero-order chi connectivity index (χ0) is 19.6. The van der Waals surface area contributed by atoms with Crippen LogP contribution >= 0.6 is 23.7 Å². The Balaban J connectivity index is 0.00000240.